The lowest BCUT2D eigenvalue weighted by Crippen LogP contribution is -2.39. The number of H-pyrrole nitrogens is 1. The molecule has 0 radical (unpaired) electrons. The molecular weight excluding hydrogens is 278 g/mol. The molecule has 1 aliphatic rings. The summed E-state index contributed by atoms with van der Waals surface area (Å²) in [6.45, 7) is 2.18. The largest absolute Gasteiger partial charge is 0.465 e. The Morgan fingerprint density at radius 2 is 2.19 bits per heavy atom. The van der Waals surface area contributed by atoms with Gasteiger partial charge in [-0.1, -0.05) is 6.08 Å². The fourth-order valence-electron chi connectivity index (χ4n) is 2.81. The van der Waals surface area contributed by atoms with Gasteiger partial charge in [0.05, 0.1) is 11.6 Å². The Morgan fingerprint density at radius 1 is 1.43 bits per heavy atom. The van der Waals surface area contributed by atoms with Gasteiger partial charge in [0.1, 0.15) is 0 Å². The third-order valence-corrected chi connectivity index (χ3v) is 3.89. The van der Waals surface area contributed by atoms with Crippen molar-refractivity contribution in [3.05, 3.63) is 41.6 Å². The van der Waals surface area contributed by atoms with E-state index in [-0.39, 0.29) is 11.6 Å². The van der Waals surface area contributed by atoms with Crippen molar-refractivity contribution in [3.63, 3.8) is 0 Å². The Balaban J connectivity index is 2.04. The zero-order chi connectivity index (χ0) is 15.1. The third kappa shape index (κ3) is 2.16. The highest BCUT2D eigenvalue weighted by Gasteiger charge is 2.24. The van der Waals surface area contributed by atoms with Gasteiger partial charge in [0.2, 0.25) is 0 Å². The second kappa shape index (κ2) is 4.87. The van der Waals surface area contributed by atoms with Gasteiger partial charge in [0.25, 0.3) is 0 Å². The topological polar surface area (TPSA) is 56.3 Å². The molecule has 1 unspecified atom stereocenters. The van der Waals surface area contributed by atoms with Gasteiger partial charge in [-0.2, -0.15) is 0 Å². The van der Waals surface area contributed by atoms with Crippen molar-refractivity contribution in [3.8, 4) is 0 Å². The van der Waals surface area contributed by atoms with Gasteiger partial charge in [-0.05, 0) is 31.1 Å². The number of amides is 1. The number of aromatic amines is 1. The molecule has 6 heteroatoms. The highest BCUT2D eigenvalue weighted by atomic mass is 19.2. The van der Waals surface area contributed by atoms with Gasteiger partial charge in [-0.25, -0.2) is 13.6 Å². The van der Waals surface area contributed by atoms with E-state index in [2.05, 4.69) is 4.98 Å². The molecule has 3 rings (SSSR count). The number of nitrogens with one attached hydrogen (secondary N) is 1. The molecule has 4 nitrogen and oxygen atoms in total. The molecule has 0 saturated carbocycles. The molecule has 1 amide bonds. The molecule has 1 atom stereocenters. The number of fused-ring (bicyclic) bond motifs is 1. The van der Waals surface area contributed by atoms with E-state index >= 15 is 0 Å². The van der Waals surface area contributed by atoms with Crippen molar-refractivity contribution in [1.82, 2.24) is 9.88 Å². The quantitative estimate of drug-likeness (QED) is 0.843. The van der Waals surface area contributed by atoms with Gasteiger partial charge in [-0.3, -0.25) is 0 Å². The minimum absolute atomic E-state index is 0.138. The summed E-state index contributed by atoms with van der Waals surface area (Å²) in [6, 6.07) is 2.39. The summed E-state index contributed by atoms with van der Waals surface area (Å²) in [7, 11) is 0. The van der Waals surface area contributed by atoms with Crippen LogP contribution in [0.1, 0.15) is 18.9 Å². The summed E-state index contributed by atoms with van der Waals surface area (Å²) in [4.78, 5) is 15.2. The van der Waals surface area contributed by atoms with Crippen molar-refractivity contribution in [2.75, 3.05) is 6.54 Å². The van der Waals surface area contributed by atoms with Crippen LogP contribution in [-0.2, 0) is 0 Å². The smallest absolute Gasteiger partial charge is 0.407 e. The second-order valence-electron chi connectivity index (χ2n) is 5.14. The number of benzene rings is 1. The summed E-state index contributed by atoms with van der Waals surface area (Å²) in [6.07, 6.45) is 3.08. The summed E-state index contributed by atoms with van der Waals surface area (Å²) < 4.78 is 26.9. The number of nitrogens with zero attached hydrogens (tertiary/aromatic N) is 1. The van der Waals surface area contributed by atoms with E-state index in [1.165, 1.54) is 11.0 Å². The van der Waals surface area contributed by atoms with Gasteiger partial charge in [-0.15, -0.1) is 0 Å². The number of rotatable bonds is 1. The first-order valence-corrected chi connectivity index (χ1v) is 6.64. The maximum Gasteiger partial charge on any atom is 0.407 e. The van der Waals surface area contributed by atoms with Crippen molar-refractivity contribution >= 4 is 22.6 Å². The van der Waals surface area contributed by atoms with Crippen LogP contribution in [0.25, 0.3) is 16.5 Å². The molecule has 0 bridgehead atoms. The van der Waals surface area contributed by atoms with Gasteiger partial charge in [0, 0.05) is 23.7 Å². The minimum Gasteiger partial charge on any atom is -0.465 e. The predicted molar refractivity (Wildman–Crippen MR) is 75.0 cm³/mol. The molecule has 0 spiro atoms. The Hall–Kier alpha value is -2.37. The van der Waals surface area contributed by atoms with Gasteiger partial charge >= 0.3 is 6.09 Å². The van der Waals surface area contributed by atoms with Crippen LogP contribution in [0.4, 0.5) is 13.6 Å². The SMILES string of the molecule is CC1C=C(c2c[nH]c3c(F)c(F)ccc23)CCN1C(=O)O. The summed E-state index contributed by atoms with van der Waals surface area (Å²) in [5, 5.41) is 9.67. The maximum absolute atomic E-state index is 13.7. The van der Waals surface area contributed by atoms with E-state index < -0.39 is 17.7 Å². The maximum atomic E-state index is 13.7. The first-order chi connectivity index (χ1) is 9.99. The van der Waals surface area contributed by atoms with Crippen molar-refractivity contribution < 1.29 is 18.7 Å². The Morgan fingerprint density at radius 3 is 2.86 bits per heavy atom. The molecule has 21 heavy (non-hydrogen) atoms. The lowest BCUT2D eigenvalue weighted by molar-refractivity contribution is 0.136. The first kappa shape index (κ1) is 13.6. The number of hydrogen-bond acceptors (Lipinski definition) is 1. The van der Waals surface area contributed by atoms with Crippen molar-refractivity contribution in [2.24, 2.45) is 0 Å². The molecule has 0 saturated heterocycles. The lowest BCUT2D eigenvalue weighted by Gasteiger charge is -2.29. The highest BCUT2D eigenvalue weighted by molar-refractivity contribution is 5.93. The Kier molecular flexibility index (Phi) is 3.16. The van der Waals surface area contributed by atoms with E-state index in [4.69, 9.17) is 5.11 Å². The summed E-state index contributed by atoms with van der Waals surface area (Å²) in [5.74, 6) is -1.78. The average molecular weight is 292 g/mol. The minimum atomic E-state index is -0.954. The molecule has 1 aliphatic heterocycles. The molecule has 0 fully saturated rings. The predicted octanol–water partition coefficient (Wildman–Crippen LogP) is 3.60. The van der Waals surface area contributed by atoms with Crippen LogP contribution in [-0.4, -0.2) is 33.7 Å². The van der Waals surface area contributed by atoms with E-state index in [1.807, 2.05) is 6.08 Å². The van der Waals surface area contributed by atoms with E-state index in [9.17, 15) is 13.6 Å². The zero-order valence-electron chi connectivity index (χ0n) is 11.4. The summed E-state index contributed by atoms with van der Waals surface area (Å²) in [5.41, 5.74) is 1.87. The molecule has 110 valence electrons. The van der Waals surface area contributed by atoms with Crippen LogP contribution in [0.3, 0.4) is 0 Å². The molecular formula is C15H14F2N2O2. The fraction of sp³-hybridized carbons (Fsp3) is 0.267. The molecule has 1 aromatic carbocycles. The van der Waals surface area contributed by atoms with E-state index in [0.717, 1.165) is 17.2 Å². The Labute approximate surface area is 119 Å². The van der Waals surface area contributed by atoms with E-state index in [1.54, 1.807) is 13.1 Å². The number of carbonyl (C=O) groups is 1. The van der Waals surface area contributed by atoms with Crippen molar-refractivity contribution in [1.29, 1.82) is 0 Å². The second-order valence-corrected chi connectivity index (χ2v) is 5.14. The van der Waals surface area contributed by atoms with Crippen LogP contribution in [0.5, 0.6) is 0 Å². The Bertz CT molecular complexity index is 751. The lowest BCUT2D eigenvalue weighted by atomic mass is 9.96. The normalized spacial score (nSPS) is 18.9. The molecule has 1 aromatic heterocycles. The van der Waals surface area contributed by atoms with Crippen LogP contribution in [0.2, 0.25) is 0 Å². The monoisotopic (exact) mass is 292 g/mol. The average Bonchev–Trinajstić information content (AvgIpc) is 2.87. The number of hydrogen-bond donors (Lipinski definition) is 2. The zero-order valence-corrected chi connectivity index (χ0v) is 11.4. The number of carboxylic acid groups (broad SMARTS) is 1. The van der Waals surface area contributed by atoms with Crippen LogP contribution in [0.15, 0.2) is 24.4 Å². The van der Waals surface area contributed by atoms with Crippen LogP contribution < -0.4 is 0 Å². The molecule has 2 N–H and O–H groups in total. The fourth-order valence-corrected chi connectivity index (χ4v) is 2.81. The summed E-state index contributed by atoms with van der Waals surface area (Å²) >= 11 is 0. The van der Waals surface area contributed by atoms with Crippen LogP contribution >= 0.6 is 0 Å². The third-order valence-electron chi connectivity index (χ3n) is 3.89. The van der Waals surface area contributed by atoms with Gasteiger partial charge in [0.15, 0.2) is 11.6 Å². The van der Waals surface area contributed by atoms with Crippen molar-refractivity contribution in [2.45, 2.75) is 19.4 Å². The molecule has 2 heterocycles. The number of halogens is 2. The first-order valence-electron chi connectivity index (χ1n) is 6.64. The highest BCUT2D eigenvalue weighted by Crippen LogP contribution is 2.32. The molecule has 2 aromatic rings. The van der Waals surface area contributed by atoms with E-state index in [0.29, 0.717) is 18.4 Å². The standard InChI is InChI=1S/C15H14F2N2O2/c1-8-6-9(4-5-19(8)15(20)21)11-7-18-14-10(11)2-3-12(16)13(14)17/h2-3,6-8,18H,4-5H2,1H3,(H,20,21). The van der Waals surface area contributed by atoms with Crippen LogP contribution in [0, 0.1) is 11.6 Å². The van der Waals surface area contributed by atoms with Gasteiger partial charge < -0.3 is 15.0 Å². The number of aromatic nitrogens is 1. The molecule has 0 aliphatic carbocycles.